The SMILES string of the molecule is COc1cc(C(O)CNC2CCCC2)cc(Cl)c1OCc1ccccc1.Cl. The van der Waals surface area contributed by atoms with Crippen LogP contribution in [0, 0.1) is 0 Å². The van der Waals surface area contributed by atoms with E-state index < -0.39 is 6.10 Å². The maximum absolute atomic E-state index is 10.5. The van der Waals surface area contributed by atoms with E-state index in [9.17, 15) is 5.11 Å². The summed E-state index contributed by atoms with van der Waals surface area (Å²) in [4.78, 5) is 0. The molecule has 27 heavy (non-hydrogen) atoms. The Balaban J connectivity index is 0.00000261. The lowest BCUT2D eigenvalue weighted by Gasteiger charge is -2.19. The fraction of sp³-hybridized carbons (Fsp3) is 0.429. The quantitative estimate of drug-likeness (QED) is 0.647. The van der Waals surface area contributed by atoms with Gasteiger partial charge < -0.3 is 19.9 Å². The van der Waals surface area contributed by atoms with Gasteiger partial charge >= 0.3 is 0 Å². The normalized spacial score (nSPS) is 15.2. The fourth-order valence-electron chi connectivity index (χ4n) is 3.33. The summed E-state index contributed by atoms with van der Waals surface area (Å²) >= 11 is 6.41. The van der Waals surface area contributed by atoms with Crippen LogP contribution < -0.4 is 14.8 Å². The molecule has 2 N–H and O–H groups in total. The van der Waals surface area contributed by atoms with Gasteiger partial charge in [0.05, 0.1) is 18.2 Å². The number of hydrogen-bond acceptors (Lipinski definition) is 4. The van der Waals surface area contributed by atoms with E-state index in [1.165, 1.54) is 25.7 Å². The smallest absolute Gasteiger partial charge is 0.180 e. The van der Waals surface area contributed by atoms with E-state index in [2.05, 4.69) is 5.32 Å². The molecule has 0 saturated heterocycles. The highest BCUT2D eigenvalue weighted by atomic mass is 35.5. The number of benzene rings is 2. The molecule has 4 nitrogen and oxygen atoms in total. The van der Waals surface area contributed by atoms with E-state index in [1.807, 2.05) is 30.3 Å². The van der Waals surface area contributed by atoms with Crippen molar-refractivity contribution in [2.24, 2.45) is 0 Å². The molecule has 0 spiro atoms. The van der Waals surface area contributed by atoms with Crippen LogP contribution in [-0.4, -0.2) is 24.8 Å². The van der Waals surface area contributed by atoms with Gasteiger partial charge in [-0.15, -0.1) is 12.4 Å². The minimum Gasteiger partial charge on any atom is -0.493 e. The van der Waals surface area contributed by atoms with Gasteiger partial charge in [0.15, 0.2) is 11.5 Å². The van der Waals surface area contributed by atoms with Gasteiger partial charge in [0, 0.05) is 12.6 Å². The van der Waals surface area contributed by atoms with Crippen LogP contribution >= 0.6 is 24.0 Å². The molecule has 1 saturated carbocycles. The number of hydrogen-bond donors (Lipinski definition) is 2. The van der Waals surface area contributed by atoms with Gasteiger partial charge in [-0.05, 0) is 36.1 Å². The molecule has 148 valence electrons. The van der Waals surface area contributed by atoms with Crippen LogP contribution in [0.5, 0.6) is 11.5 Å². The first-order chi connectivity index (χ1) is 12.7. The van der Waals surface area contributed by atoms with Gasteiger partial charge in [0.2, 0.25) is 0 Å². The molecule has 3 rings (SSSR count). The van der Waals surface area contributed by atoms with Gasteiger partial charge in [-0.3, -0.25) is 0 Å². The van der Waals surface area contributed by atoms with Crippen LogP contribution in [0.4, 0.5) is 0 Å². The maximum Gasteiger partial charge on any atom is 0.180 e. The first-order valence-corrected chi connectivity index (χ1v) is 9.50. The zero-order valence-corrected chi connectivity index (χ0v) is 17.1. The number of ether oxygens (including phenoxy) is 2. The lowest BCUT2D eigenvalue weighted by molar-refractivity contribution is 0.169. The van der Waals surface area contributed by atoms with Gasteiger partial charge in [-0.25, -0.2) is 0 Å². The predicted octanol–water partition coefficient (Wildman–Crippen LogP) is 4.92. The summed E-state index contributed by atoms with van der Waals surface area (Å²) in [6.07, 6.45) is 4.26. The molecule has 1 unspecified atom stereocenters. The van der Waals surface area contributed by atoms with Crippen molar-refractivity contribution < 1.29 is 14.6 Å². The molecule has 0 bridgehead atoms. The van der Waals surface area contributed by atoms with Gasteiger partial charge in [-0.1, -0.05) is 54.8 Å². The molecular weight excluding hydrogens is 385 g/mol. The molecule has 1 aliphatic carbocycles. The molecule has 0 aliphatic heterocycles. The summed E-state index contributed by atoms with van der Waals surface area (Å²) in [6, 6.07) is 13.9. The summed E-state index contributed by atoms with van der Waals surface area (Å²) in [5.74, 6) is 1.03. The molecule has 1 fully saturated rings. The third-order valence-electron chi connectivity index (χ3n) is 4.82. The lowest BCUT2D eigenvalue weighted by Crippen LogP contribution is -2.30. The predicted molar refractivity (Wildman–Crippen MR) is 111 cm³/mol. The standard InChI is InChI=1S/C21H26ClNO3.ClH/c1-25-20-12-16(19(24)13-23-17-9-5-6-10-17)11-18(22)21(20)26-14-15-7-3-2-4-8-15;/h2-4,7-8,11-12,17,19,23-24H,5-6,9-10,13-14H2,1H3;1H. The Bertz CT molecular complexity index is 706. The Labute approximate surface area is 172 Å². The molecule has 0 amide bonds. The summed E-state index contributed by atoms with van der Waals surface area (Å²) in [5.41, 5.74) is 1.78. The number of halogens is 2. The average Bonchev–Trinajstić information content (AvgIpc) is 3.19. The van der Waals surface area contributed by atoms with Crippen molar-refractivity contribution in [1.29, 1.82) is 0 Å². The molecule has 2 aromatic rings. The molecule has 2 aromatic carbocycles. The third kappa shape index (κ3) is 6.01. The van der Waals surface area contributed by atoms with E-state index in [1.54, 1.807) is 19.2 Å². The summed E-state index contributed by atoms with van der Waals surface area (Å²) in [7, 11) is 1.58. The van der Waals surface area contributed by atoms with E-state index in [0.717, 1.165) is 11.1 Å². The van der Waals surface area contributed by atoms with Crippen LogP contribution in [0.15, 0.2) is 42.5 Å². The Morgan fingerprint density at radius 1 is 1.19 bits per heavy atom. The van der Waals surface area contributed by atoms with Crippen molar-refractivity contribution in [2.75, 3.05) is 13.7 Å². The highest BCUT2D eigenvalue weighted by molar-refractivity contribution is 6.32. The third-order valence-corrected chi connectivity index (χ3v) is 5.10. The average molecular weight is 412 g/mol. The van der Waals surface area contributed by atoms with Crippen molar-refractivity contribution in [3.8, 4) is 11.5 Å². The Morgan fingerprint density at radius 2 is 1.89 bits per heavy atom. The van der Waals surface area contributed by atoms with Crippen molar-refractivity contribution >= 4 is 24.0 Å². The first kappa shape index (κ1) is 21.8. The van der Waals surface area contributed by atoms with Crippen LogP contribution in [0.25, 0.3) is 0 Å². The second-order valence-corrected chi connectivity index (χ2v) is 7.12. The molecule has 1 atom stereocenters. The van der Waals surface area contributed by atoms with E-state index >= 15 is 0 Å². The molecule has 0 aromatic heterocycles. The topological polar surface area (TPSA) is 50.7 Å². The van der Waals surface area contributed by atoms with Gasteiger partial charge in [0.25, 0.3) is 0 Å². The van der Waals surface area contributed by atoms with Crippen LogP contribution in [0.2, 0.25) is 5.02 Å². The monoisotopic (exact) mass is 411 g/mol. The van der Waals surface area contributed by atoms with Crippen molar-refractivity contribution in [3.05, 3.63) is 58.6 Å². The number of aliphatic hydroxyl groups is 1. The van der Waals surface area contributed by atoms with E-state index in [4.69, 9.17) is 21.1 Å². The minimum absolute atomic E-state index is 0. The zero-order valence-electron chi connectivity index (χ0n) is 15.5. The summed E-state index contributed by atoms with van der Waals surface area (Å²) in [5, 5.41) is 14.4. The number of nitrogens with one attached hydrogen (secondary N) is 1. The van der Waals surface area contributed by atoms with Crippen molar-refractivity contribution in [1.82, 2.24) is 5.32 Å². The Kier molecular flexibility index (Phi) is 8.71. The second-order valence-electron chi connectivity index (χ2n) is 6.71. The zero-order chi connectivity index (χ0) is 18.4. The van der Waals surface area contributed by atoms with E-state index in [-0.39, 0.29) is 12.4 Å². The highest BCUT2D eigenvalue weighted by Crippen LogP contribution is 2.38. The van der Waals surface area contributed by atoms with Crippen LogP contribution in [0.1, 0.15) is 42.9 Å². The fourth-order valence-corrected chi connectivity index (χ4v) is 3.60. The van der Waals surface area contributed by atoms with Crippen LogP contribution in [0.3, 0.4) is 0 Å². The number of rotatable bonds is 8. The molecule has 0 radical (unpaired) electrons. The van der Waals surface area contributed by atoms with Gasteiger partial charge in [-0.2, -0.15) is 0 Å². The summed E-state index contributed by atoms with van der Waals surface area (Å²) in [6.45, 7) is 0.913. The number of methoxy groups -OCH3 is 1. The number of aliphatic hydroxyl groups excluding tert-OH is 1. The Hall–Kier alpha value is -1.46. The minimum atomic E-state index is -0.634. The van der Waals surface area contributed by atoms with Gasteiger partial charge in [0.1, 0.15) is 6.61 Å². The molecule has 6 heteroatoms. The lowest BCUT2D eigenvalue weighted by atomic mass is 10.1. The second kappa shape index (κ2) is 10.8. The first-order valence-electron chi connectivity index (χ1n) is 9.13. The maximum atomic E-state index is 10.5. The molecular formula is C21H27Cl2NO3. The highest BCUT2D eigenvalue weighted by Gasteiger charge is 2.19. The van der Waals surface area contributed by atoms with Crippen molar-refractivity contribution in [2.45, 2.75) is 44.4 Å². The van der Waals surface area contributed by atoms with E-state index in [0.29, 0.717) is 35.7 Å². The Morgan fingerprint density at radius 3 is 2.56 bits per heavy atom. The van der Waals surface area contributed by atoms with Crippen LogP contribution in [-0.2, 0) is 6.61 Å². The largest absolute Gasteiger partial charge is 0.493 e. The summed E-state index contributed by atoms with van der Waals surface area (Å²) < 4.78 is 11.3. The molecule has 1 aliphatic rings. The molecule has 0 heterocycles. The van der Waals surface area contributed by atoms with Crippen molar-refractivity contribution in [3.63, 3.8) is 0 Å².